The van der Waals surface area contributed by atoms with Gasteiger partial charge in [0, 0.05) is 18.0 Å². The number of aromatic carboxylic acids is 1. The van der Waals surface area contributed by atoms with Crippen LogP contribution in [0, 0.1) is 0 Å². The Hall–Kier alpha value is -3.22. The van der Waals surface area contributed by atoms with E-state index in [9.17, 15) is 14.7 Å². The number of fused-ring (bicyclic) bond motifs is 1. The normalized spacial score (nSPS) is 10.6. The van der Waals surface area contributed by atoms with E-state index >= 15 is 0 Å². The van der Waals surface area contributed by atoms with E-state index < -0.39 is 11.9 Å². The fourth-order valence-corrected chi connectivity index (χ4v) is 2.25. The second kappa shape index (κ2) is 5.28. The molecule has 0 radical (unpaired) electrons. The van der Waals surface area contributed by atoms with E-state index in [0.717, 1.165) is 0 Å². The van der Waals surface area contributed by atoms with Crippen LogP contribution in [0.15, 0.2) is 42.7 Å². The Labute approximate surface area is 124 Å². The smallest absolute Gasteiger partial charge is 0.356 e. The largest absolute Gasteiger partial charge is 0.476 e. The number of hydrogen-bond donors (Lipinski definition) is 1. The third-order valence-electron chi connectivity index (χ3n) is 3.20. The summed E-state index contributed by atoms with van der Waals surface area (Å²) in [6.07, 6.45) is 3.13. The number of imidazole rings is 1. The van der Waals surface area contributed by atoms with E-state index in [0.29, 0.717) is 16.9 Å². The zero-order chi connectivity index (χ0) is 15.7. The molecule has 3 heterocycles. The predicted molar refractivity (Wildman–Crippen MR) is 76.7 cm³/mol. The molecule has 7 nitrogen and oxygen atoms in total. The minimum Gasteiger partial charge on any atom is -0.476 e. The Kier molecular flexibility index (Phi) is 3.30. The molecule has 0 aromatic carbocycles. The first-order valence-electron chi connectivity index (χ1n) is 6.37. The molecule has 0 saturated carbocycles. The molecule has 3 aromatic rings. The van der Waals surface area contributed by atoms with Crippen LogP contribution in [0.5, 0.6) is 0 Å². The SMILES string of the molecule is COC(=O)c1cccc2c(C(=O)O)nc(-c3ccncc3)n12. The number of carbonyl (C=O) groups is 2. The van der Waals surface area contributed by atoms with Crippen LogP contribution in [0.1, 0.15) is 21.0 Å². The summed E-state index contributed by atoms with van der Waals surface area (Å²) in [6, 6.07) is 8.11. The van der Waals surface area contributed by atoms with Crippen LogP contribution in [0.25, 0.3) is 16.9 Å². The maximum Gasteiger partial charge on any atom is 0.356 e. The Bertz CT molecular complexity index is 871. The van der Waals surface area contributed by atoms with E-state index in [1.807, 2.05) is 0 Å². The number of carbonyl (C=O) groups excluding carboxylic acids is 1. The maximum atomic E-state index is 12.0. The summed E-state index contributed by atoms with van der Waals surface area (Å²) in [4.78, 5) is 31.5. The van der Waals surface area contributed by atoms with Gasteiger partial charge in [0.05, 0.1) is 12.6 Å². The van der Waals surface area contributed by atoms with Crippen molar-refractivity contribution in [1.82, 2.24) is 14.4 Å². The molecule has 22 heavy (non-hydrogen) atoms. The van der Waals surface area contributed by atoms with Crippen molar-refractivity contribution in [3.63, 3.8) is 0 Å². The van der Waals surface area contributed by atoms with E-state index in [2.05, 4.69) is 9.97 Å². The van der Waals surface area contributed by atoms with Crippen molar-refractivity contribution in [3.05, 3.63) is 54.1 Å². The molecule has 1 N–H and O–H groups in total. The standard InChI is InChI=1S/C15H11N3O4/c1-22-15(21)11-4-2-3-10-12(14(19)20)17-13(18(10)11)9-5-7-16-8-6-9/h2-8H,1H3,(H,19,20). The predicted octanol–water partition coefficient (Wildman–Crippen LogP) is 1.88. The lowest BCUT2D eigenvalue weighted by Crippen LogP contribution is -2.09. The lowest BCUT2D eigenvalue weighted by atomic mass is 10.2. The van der Waals surface area contributed by atoms with Gasteiger partial charge in [0.2, 0.25) is 0 Å². The first-order valence-corrected chi connectivity index (χ1v) is 6.37. The molecule has 110 valence electrons. The molecule has 0 spiro atoms. The topological polar surface area (TPSA) is 93.8 Å². The fraction of sp³-hybridized carbons (Fsp3) is 0.0667. The third kappa shape index (κ3) is 2.08. The molecule has 0 atom stereocenters. The van der Waals surface area contributed by atoms with Crippen LogP contribution in [0.4, 0.5) is 0 Å². The van der Waals surface area contributed by atoms with Crippen molar-refractivity contribution < 1.29 is 19.4 Å². The number of hydrogen-bond acceptors (Lipinski definition) is 5. The fourth-order valence-electron chi connectivity index (χ4n) is 2.25. The van der Waals surface area contributed by atoms with Gasteiger partial charge in [-0.2, -0.15) is 0 Å². The molecule has 0 aliphatic carbocycles. The van der Waals surface area contributed by atoms with Gasteiger partial charge in [0.1, 0.15) is 11.5 Å². The van der Waals surface area contributed by atoms with Crippen LogP contribution < -0.4 is 0 Å². The minimum atomic E-state index is -1.17. The summed E-state index contributed by atoms with van der Waals surface area (Å²) in [5.41, 5.74) is 1.04. The van der Waals surface area contributed by atoms with E-state index in [-0.39, 0.29) is 11.4 Å². The monoisotopic (exact) mass is 297 g/mol. The number of pyridine rings is 2. The van der Waals surface area contributed by atoms with Crippen molar-refractivity contribution in [2.75, 3.05) is 7.11 Å². The summed E-state index contributed by atoms with van der Waals surface area (Å²) in [5.74, 6) is -1.40. The molecule has 0 amide bonds. The van der Waals surface area contributed by atoms with Gasteiger partial charge in [-0.15, -0.1) is 0 Å². The number of aromatic nitrogens is 3. The molecule has 0 saturated heterocycles. The summed E-state index contributed by atoms with van der Waals surface area (Å²) >= 11 is 0. The highest BCUT2D eigenvalue weighted by Crippen LogP contribution is 2.24. The number of rotatable bonds is 3. The zero-order valence-electron chi connectivity index (χ0n) is 11.6. The second-order valence-electron chi connectivity index (χ2n) is 4.45. The highest BCUT2D eigenvalue weighted by Gasteiger charge is 2.22. The number of methoxy groups -OCH3 is 1. The maximum absolute atomic E-state index is 12.0. The zero-order valence-corrected chi connectivity index (χ0v) is 11.6. The van der Waals surface area contributed by atoms with Crippen molar-refractivity contribution >= 4 is 17.5 Å². The summed E-state index contributed by atoms with van der Waals surface area (Å²) in [7, 11) is 1.27. The Morgan fingerprint density at radius 2 is 1.91 bits per heavy atom. The molecule has 0 aliphatic heterocycles. The van der Waals surface area contributed by atoms with E-state index in [1.54, 1.807) is 42.7 Å². The van der Waals surface area contributed by atoms with Crippen molar-refractivity contribution in [1.29, 1.82) is 0 Å². The van der Waals surface area contributed by atoms with Crippen LogP contribution in [0.2, 0.25) is 0 Å². The third-order valence-corrected chi connectivity index (χ3v) is 3.20. The Morgan fingerprint density at radius 3 is 2.55 bits per heavy atom. The molecule has 0 aliphatic rings. The Morgan fingerprint density at radius 1 is 1.18 bits per heavy atom. The first-order chi connectivity index (χ1) is 10.6. The van der Waals surface area contributed by atoms with E-state index in [4.69, 9.17) is 4.74 Å². The summed E-state index contributed by atoms with van der Waals surface area (Å²) in [5, 5.41) is 9.33. The van der Waals surface area contributed by atoms with Crippen LogP contribution in [-0.2, 0) is 4.74 Å². The number of nitrogens with zero attached hydrogens (tertiary/aromatic N) is 3. The average molecular weight is 297 g/mol. The van der Waals surface area contributed by atoms with Gasteiger partial charge in [-0.25, -0.2) is 14.6 Å². The van der Waals surface area contributed by atoms with Gasteiger partial charge in [-0.3, -0.25) is 9.38 Å². The second-order valence-corrected chi connectivity index (χ2v) is 4.45. The van der Waals surface area contributed by atoms with Gasteiger partial charge in [0.25, 0.3) is 0 Å². The molecular weight excluding hydrogens is 286 g/mol. The lowest BCUT2D eigenvalue weighted by Gasteiger charge is -2.07. The highest BCUT2D eigenvalue weighted by atomic mass is 16.5. The van der Waals surface area contributed by atoms with Gasteiger partial charge in [0.15, 0.2) is 5.69 Å². The molecule has 0 bridgehead atoms. The lowest BCUT2D eigenvalue weighted by molar-refractivity contribution is 0.0591. The summed E-state index contributed by atoms with van der Waals surface area (Å²) < 4.78 is 6.23. The molecule has 7 heteroatoms. The molecule has 0 fully saturated rings. The van der Waals surface area contributed by atoms with E-state index in [1.165, 1.54) is 11.5 Å². The number of ether oxygens (including phenoxy) is 1. The van der Waals surface area contributed by atoms with Gasteiger partial charge >= 0.3 is 11.9 Å². The number of carboxylic acids is 1. The Balaban J connectivity index is 2.41. The van der Waals surface area contributed by atoms with Crippen LogP contribution in [-0.4, -0.2) is 38.5 Å². The van der Waals surface area contributed by atoms with Crippen molar-refractivity contribution in [2.24, 2.45) is 0 Å². The number of esters is 1. The van der Waals surface area contributed by atoms with Gasteiger partial charge in [-0.05, 0) is 24.3 Å². The van der Waals surface area contributed by atoms with Crippen molar-refractivity contribution in [2.45, 2.75) is 0 Å². The average Bonchev–Trinajstić information content (AvgIpc) is 2.95. The van der Waals surface area contributed by atoms with Crippen LogP contribution in [0.3, 0.4) is 0 Å². The van der Waals surface area contributed by atoms with Gasteiger partial charge < -0.3 is 9.84 Å². The van der Waals surface area contributed by atoms with Gasteiger partial charge in [-0.1, -0.05) is 6.07 Å². The minimum absolute atomic E-state index is 0.127. The summed E-state index contributed by atoms with van der Waals surface area (Å²) in [6.45, 7) is 0. The first kappa shape index (κ1) is 13.7. The molecule has 3 rings (SSSR count). The number of carboxylic acid groups (broad SMARTS) is 1. The van der Waals surface area contributed by atoms with Crippen LogP contribution >= 0.6 is 0 Å². The molecular formula is C15H11N3O4. The molecule has 0 unspecified atom stereocenters. The highest BCUT2D eigenvalue weighted by molar-refractivity contribution is 5.97. The quantitative estimate of drug-likeness (QED) is 0.742. The molecule has 3 aromatic heterocycles. The van der Waals surface area contributed by atoms with Crippen molar-refractivity contribution in [3.8, 4) is 11.4 Å².